The molecule has 10 atom stereocenters. The van der Waals surface area contributed by atoms with E-state index in [-0.39, 0.29) is 66.4 Å². The zero-order chi connectivity index (χ0) is 42.4. The molecule has 3 amide bonds. The molecule has 2 N–H and O–H groups in total. The van der Waals surface area contributed by atoms with Crippen LogP contribution in [-0.4, -0.2) is 134 Å². The van der Waals surface area contributed by atoms with Gasteiger partial charge in [0.1, 0.15) is 5.78 Å². The zero-order valence-corrected chi connectivity index (χ0v) is 36.3. The Kier molecular flexibility index (Phi) is 19.7. The molecule has 1 unspecified atom stereocenters. The molecule has 0 aliphatic carbocycles. The number of aliphatic hydroxyl groups is 1. The van der Waals surface area contributed by atoms with Crippen LogP contribution in [0.5, 0.6) is 0 Å². The molecule has 13 nitrogen and oxygen atoms in total. The van der Waals surface area contributed by atoms with E-state index in [1.165, 1.54) is 5.06 Å². The summed E-state index contributed by atoms with van der Waals surface area (Å²) in [5.74, 6) is -2.90. The van der Waals surface area contributed by atoms with Gasteiger partial charge in [0.15, 0.2) is 5.78 Å². The molecule has 3 rings (SSSR count). The Balaban J connectivity index is 1.79. The van der Waals surface area contributed by atoms with Gasteiger partial charge in [0.25, 0.3) is 0 Å². The summed E-state index contributed by atoms with van der Waals surface area (Å²) in [7, 11) is 6.46. The predicted molar refractivity (Wildman–Crippen MR) is 219 cm³/mol. The van der Waals surface area contributed by atoms with E-state index in [4.69, 9.17) is 14.3 Å². The van der Waals surface area contributed by atoms with Crippen LogP contribution in [0.15, 0.2) is 30.3 Å². The number of hydrogen-bond donors (Lipinski definition) is 2. The summed E-state index contributed by atoms with van der Waals surface area (Å²) in [6.45, 7) is 12.7. The van der Waals surface area contributed by atoms with Gasteiger partial charge in [-0.05, 0) is 63.5 Å². The lowest BCUT2D eigenvalue weighted by Crippen LogP contribution is -2.54. The number of aliphatic hydroxyl groups excluding tert-OH is 1. The van der Waals surface area contributed by atoms with Gasteiger partial charge in [-0.3, -0.25) is 28.8 Å². The number of ketones is 2. The van der Waals surface area contributed by atoms with E-state index in [0.29, 0.717) is 32.5 Å². The molecule has 2 aliphatic heterocycles. The Hall–Kier alpha value is -3.23. The van der Waals surface area contributed by atoms with Crippen LogP contribution in [0.3, 0.4) is 0 Å². The first-order valence-electron chi connectivity index (χ1n) is 21.1. The number of ether oxygens (including phenoxy) is 2. The number of likely N-dealkylation sites (N-methyl/N-ethyl adjacent to an activating group) is 2. The number of carbonyl (C=O) groups is 5. The molecule has 1 aromatic carbocycles. The molecule has 0 bridgehead atoms. The third-order valence-electron chi connectivity index (χ3n) is 12.4. The number of amides is 3. The normalized spacial score (nSPS) is 20.9. The van der Waals surface area contributed by atoms with Gasteiger partial charge in [-0.25, -0.2) is 5.06 Å². The maximum Gasteiger partial charge on any atom is 0.250 e. The minimum atomic E-state index is -0.909. The van der Waals surface area contributed by atoms with Crippen LogP contribution in [0, 0.1) is 29.6 Å². The average Bonchev–Trinajstić information content (AvgIpc) is 3.69. The van der Waals surface area contributed by atoms with Crippen molar-refractivity contribution in [3.63, 3.8) is 0 Å². The Labute approximate surface area is 341 Å². The summed E-state index contributed by atoms with van der Waals surface area (Å²) < 4.78 is 12.1. The molecule has 2 fully saturated rings. The molecule has 0 saturated carbocycles. The van der Waals surface area contributed by atoms with Gasteiger partial charge in [-0.1, -0.05) is 71.4 Å². The second-order valence-corrected chi connectivity index (χ2v) is 16.7. The van der Waals surface area contributed by atoms with Crippen LogP contribution in [0.25, 0.3) is 0 Å². The number of benzene rings is 1. The zero-order valence-electron chi connectivity index (χ0n) is 36.3. The van der Waals surface area contributed by atoms with Crippen molar-refractivity contribution in [3.8, 4) is 0 Å². The second-order valence-electron chi connectivity index (χ2n) is 16.7. The fourth-order valence-electron chi connectivity index (χ4n) is 8.77. The summed E-state index contributed by atoms with van der Waals surface area (Å²) in [6.07, 6.45) is 2.13. The average molecular weight is 801 g/mol. The Morgan fingerprint density at radius 3 is 2.16 bits per heavy atom. The maximum atomic E-state index is 14.3. The molecule has 2 saturated heterocycles. The van der Waals surface area contributed by atoms with Crippen molar-refractivity contribution in [2.24, 2.45) is 29.6 Å². The highest BCUT2D eigenvalue weighted by molar-refractivity contribution is 5.90. The summed E-state index contributed by atoms with van der Waals surface area (Å²) in [5, 5.41) is 14.4. The Morgan fingerprint density at radius 1 is 0.930 bits per heavy atom. The molecular weight excluding hydrogens is 729 g/mol. The van der Waals surface area contributed by atoms with Crippen LogP contribution in [0.4, 0.5) is 0 Å². The smallest absolute Gasteiger partial charge is 0.250 e. The molecule has 0 aromatic heterocycles. The van der Waals surface area contributed by atoms with Gasteiger partial charge in [-0.15, -0.1) is 0 Å². The number of hydroxylamine groups is 2. The van der Waals surface area contributed by atoms with Crippen LogP contribution in [-0.2, 0) is 44.7 Å². The van der Waals surface area contributed by atoms with E-state index in [2.05, 4.69) is 5.32 Å². The first-order valence-corrected chi connectivity index (χ1v) is 21.1. The molecule has 322 valence electrons. The summed E-state index contributed by atoms with van der Waals surface area (Å²) in [4.78, 5) is 78.7. The van der Waals surface area contributed by atoms with Gasteiger partial charge in [0.2, 0.25) is 17.7 Å². The molecule has 0 spiro atoms. The fourth-order valence-corrected chi connectivity index (χ4v) is 8.77. The third-order valence-corrected chi connectivity index (χ3v) is 12.4. The predicted octanol–water partition coefficient (Wildman–Crippen LogP) is 4.48. The fraction of sp³-hybridized carbons (Fsp3) is 0.750. The molecular formula is C44H72N4O9. The van der Waals surface area contributed by atoms with Crippen LogP contribution < -0.4 is 5.32 Å². The van der Waals surface area contributed by atoms with Crippen molar-refractivity contribution in [2.75, 3.05) is 48.0 Å². The van der Waals surface area contributed by atoms with Crippen LogP contribution >= 0.6 is 0 Å². The first kappa shape index (κ1) is 48.1. The van der Waals surface area contributed by atoms with Crippen molar-refractivity contribution in [1.82, 2.24) is 20.2 Å². The Morgan fingerprint density at radius 2 is 1.61 bits per heavy atom. The number of rotatable bonds is 23. The van der Waals surface area contributed by atoms with Gasteiger partial charge < -0.3 is 29.7 Å². The molecule has 2 aliphatic rings. The van der Waals surface area contributed by atoms with Crippen molar-refractivity contribution in [2.45, 2.75) is 136 Å². The van der Waals surface area contributed by atoms with E-state index in [9.17, 15) is 29.1 Å². The van der Waals surface area contributed by atoms with Gasteiger partial charge in [-0.2, -0.15) is 0 Å². The molecule has 0 radical (unpaired) electrons. The van der Waals surface area contributed by atoms with E-state index in [0.717, 1.165) is 31.2 Å². The van der Waals surface area contributed by atoms with E-state index in [1.54, 1.807) is 45.0 Å². The van der Waals surface area contributed by atoms with Crippen molar-refractivity contribution < 1.29 is 43.4 Å². The highest BCUT2D eigenvalue weighted by atomic mass is 16.7. The topological polar surface area (TPSA) is 155 Å². The van der Waals surface area contributed by atoms with E-state index < -0.39 is 48.1 Å². The Bertz CT molecular complexity index is 1440. The quantitative estimate of drug-likeness (QED) is 0.162. The molecule has 1 aromatic rings. The van der Waals surface area contributed by atoms with Gasteiger partial charge in [0, 0.05) is 59.0 Å². The van der Waals surface area contributed by atoms with Crippen LogP contribution in [0.2, 0.25) is 0 Å². The lowest BCUT2D eigenvalue weighted by atomic mass is 9.84. The van der Waals surface area contributed by atoms with Crippen molar-refractivity contribution >= 4 is 29.3 Å². The van der Waals surface area contributed by atoms with Crippen LogP contribution in [0.1, 0.15) is 98.5 Å². The lowest BCUT2D eigenvalue weighted by Gasteiger charge is -2.41. The first-order chi connectivity index (χ1) is 27.1. The third kappa shape index (κ3) is 12.9. The maximum absolute atomic E-state index is 14.3. The van der Waals surface area contributed by atoms with Gasteiger partial charge in [0.05, 0.1) is 55.4 Å². The number of nitrogens with zero attached hydrogens (tertiary/aromatic N) is 3. The standard InChI is InChI=1S/C44H72N4O9/c1-11-29(4)41(46(8)44(54)34(28(2)3)26-37(51)40(45-7)31(6)49)38(55-9)27-39(52)47-21-17-20-35(47)42(56-10)30(5)36(50)25-33(24-32-18-13-12-14-19-32)43(53)48-22-15-16-23-57-48/h12-14,18-19,28-31,33-35,38,40-42,45,49H,11,15-17,20-27H2,1-10H3/t29-,30-,31?,33+,34-,35-,38+,40-,41-,42+/m0/s1. The van der Waals surface area contributed by atoms with Crippen molar-refractivity contribution in [3.05, 3.63) is 35.9 Å². The van der Waals surface area contributed by atoms with Gasteiger partial charge >= 0.3 is 0 Å². The summed E-state index contributed by atoms with van der Waals surface area (Å²) in [5.41, 5.74) is 0.965. The SMILES string of the molecule is CC[C@H](C)[C@@H]([C@@H](CC(=O)N1CCC[C@H]1[C@H](OC)[C@@H](C)C(=O)C[C@@H](Cc1ccccc1)C(=O)N1CCCCO1)OC)N(C)C(=O)[C@@H](CC(=O)[C@@H](NC)C(C)O)C(C)C. The van der Waals surface area contributed by atoms with E-state index in [1.807, 2.05) is 65.0 Å². The number of carbonyl (C=O) groups excluding carboxylic acids is 5. The van der Waals surface area contributed by atoms with Crippen molar-refractivity contribution in [1.29, 1.82) is 0 Å². The monoisotopic (exact) mass is 801 g/mol. The largest absolute Gasteiger partial charge is 0.391 e. The number of methoxy groups -OCH3 is 2. The second kappa shape index (κ2) is 23.4. The highest BCUT2D eigenvalue weighted by Crippen LogP contribution is 2.32. The molecule has 2 heterocycles. The number of hydrogen-bond acceptors (Lipinski definition) is 10. The lowest BCUT2D eigenvalue weighted by molar-refractivity contribution is -0.201. The summed E-state index contributed by atoms with van der Waals surface area (Å²) >= 11 is 0. The number of nitrogens with one attached hydrogen (secondary N) is 1. The van der Waals surface area contributed by atoms with E-state index >= 15 is 0 Å². The minimum Gasteiger partial charge on any atom is -0.391 e. The molecule has 57 heavy (non-hydrogen) atoms. The summed E-state index contributed by atoms with van der Waals surface area (Å²) in [6, 6.07) is 8.07. The minimum absolute atomic E-state index is 0.0109. The highest BCUT2D eigenvalue weighted by Gasteiger charge is 2.43. The number of likely N-dealkylation sites (tertiary alicyclic amines) is 1. The molecule has 13 heteroatoms. The number of Topliss-reactive ketones (excluding diaryl/α,β-unsaturated/α-hetero) is 2.